The first kappa shape index (κ1) is 51.8. The van der Waals surface area contributed by atoms with Crippen LogP contribution in [0, 0.1) is 40.2 Å². The summed E-state index contributed by atoms with van der Waals surface area (Å²) in [4.78, 5) is 69.7. The number of nitriles is 1. The molecule has 0 saturated carbocycles. The summed E-state index contributed by atoms with van der Waals surface area (Å²) in [5, 5.41) is 16.6. The number of aryl methyl sites for hydroxylation is 1. The van der Waals surface area contributed by atoms with E-state index in [1.54, 1.807) is 42.3 Å². The van der Waals surface area contributed by atoms with E-state index in [-0.39, 0.29) is 57.3 Å². The average molecular weight is 1020 g/mol. The molecule has 0 aliphatic carbocycles. The van der Waals surface area contributed by atoms with Crippen molar-refractivity contribution in [3.05, 3.63) is 127 Å². The number of benzene rings is 4. The van der Waals surface area contributed by atoms with Crippen molar-refractivity contribution in [1.82, 2.24) is 24.7 Å². The van der Waals surface area contributed by atoms with Crippen LogP contribution in [0.1, 0.15) is 124 Å². The van der Waals surface area contributed by atoms with E-state index in [4.69, 9.17) is 27.9 Å². The molecular weight excluding hydrogens is 964 g/mol. The van der Waals surface area contributed by atoms with E-state index in [0.717, 1.165) is 37.3 Å². The zero-order valence-electron chi connectivity index (χ0n) is 41.1. The van der Waals surface area contributed by atoms with E-state index >= 15 is 13.6 Å². The fourth-order valence-corrected chi connectivity index (χ4v) is 11.5. The zero-order valence-corrected chi connectivity index (χ0v) is 42.6. The van der Waals surface area contributed by atoms with Crippen LogP contribution in [0.4, 0.5) is 14.5 Å². The Morgan fingerprint density at radius 3 is 2.40 bits per heavy atom. The second-order valence-electron chi connectivity index (χ2n) is 20.0. The van der Waals surface area contributed by atoms with Crippen molar-refractivity contribution in [2.45, 2.75) is 121 Å². The first-order valence-corrected chi connectivity index (χ1v) is 25.0. The number of piperidine rings is 1. The van der Waals surface area contributed by atoms with Gasteiger partial charge in [0.25, 0.3) is 5.91 Å². The number of unbranched alkanes of at least 4 members (excludes halogenated alkanes) is 5. The van der Waals surface area contributed by atoms with Crippen molar-refractivity contribution in [2.75, 3.05) is 19.1 Å². The van der Waals surface area contributed by atoms with E-state index in [1.165, 1.54) is 47.6 Å². The maximum Gasteiger partial charge on any atom is 0.329 e. The van der Waals surface area contributed by atoms with Gasteiger partial charge in [-0.15, -0.1) is 0 Å². The van der Waals surface area contributed by atoms with Gasteiger partial charge in [-0.1, -0.05) is 99.7 Å². The van der Waals surface area contributed by atoms with Gasteiger partial charge in [0, 0.05) is 60.6 Å². The Balaban J connectivity index is 1.07. The molecule has 4 amide bonds. The molecule has 0 spiro atoms. The molecule has 4 heterocycles. The molecule has 17 heteroatoms. The summed E-state index contributed by atoms with van der Waals surface area (Å²) in [6.07, 6.45) is 4.98. The van der Waals surface area contributed by atoms with Gasteiger partial charge in [-0.2, -0.15) is 5.26 Å². The van der Waals surface area contributed by atoms with E-state index in [1.807, 2.05) is 37.8 Å². The molecule has 8 rings (SSSR count). The monoisotopic (exact) mass is 1020 g/mol. The molecule has 72 heavy (non-hydrogen) atoms. The number of rotatable bonds is 14. The number of carbonyl (C=O) groups is 4. The molecule has 6 atom stereocenters. The minimum atomic E-state index is -1.81. The van der Waals surface area contributed by atoms with Crippen LogP contribution in [0.25, 0.3) is 11.0 Å². The zero-order chi connectivity index (χ0) is 51.8. The molecule has 13 nitrogen and oxygen atoms in total. The van der Waals surface area contributed by atoms with Crippen LogP contribution < -0.4 is 26.0 Å². The van der Waals surface area contributed by atoms with Gasteiger partial charge in [-0.3, -0.25) is 43.4 Å². The van der Waals surface area contributed by atoms with Crippen LogP contribution in [0.3, 0.4) is 0 Å². The van der Waals surface area contributed by atoms with Crippen LogP contribution in [0.15, 0.2) is 77.6 Å². The lowest BCUT2D eigenvalue weighted by Crippen LogP contribution is -2.52. The van der Waals surface area contributed by atoms with E-state index in [0.29, 0.717) is 48.0 Å². The average Bonchev–Trinajstić information content (AvgIpc) is 3.88. The molecule has 0 radical (unpaired) electrons. The molecule has 376 valence electrons. The Kier molecular flexibility index (Phi) is 15.0. The van der Waals surface area contributed by atoms with Crippen molar-refractivity contribution in [3.63, 3.8) is 0 Å². The highest BCUT2D eigenvalue weighted by molar-refractivity contribution is 6.31. The lowest BCUT2D eigenvalue weighted by atomic mass is 9.62. The van der Waals surface area contributed by atoms with Crippen LogP contribution in [-0.2, 0) is 26.8 Å². The Labute approximate surface area is 427 Å². The SMILES string of the molecule is CNC(=O)c1ccc(N2C(=O)[C@H]3[C@H](c4cccc(Cl)c4F)[C@@](C#N)(c4ccc(Cl)cc4F)[C@H](CC(C)(C)C)N3C2CCCCCCCC#Cc2ccc3c(c2)n(C)c(=O)n3C2CCC(=O)NC2=O)c(OC)c1. The van der Waals surface area contributed by atoms with Crippen molar-refractivity contribution < 1.29 is 32.7 Å². The van der Waals surface area contributed by atoms with Crippen molar-refractivity contribution in [3.8, 4) is 23.7 Å². The molecular formula is C55H57Cl2F2N7O6. The number of fused-ring (bicyclic) bond motifs is 2. The van der Waals surface area contributed by atoms with E-state index in [9.17, 15) is 24.4 Å². The number of nitrogens with one attached hydrogen (secondary N) is 2. The molecule has 3 fully saturated rings. The number of anilines is 1. The number of hydrogen-bond donors (Lipinski definition) is 2. The maximum absolute atomic E-state index is 16.7. The van der Waals surface area contributed by atoms with E-state index < -0.39 is 64.5 Å². The number of ether oxygens (including phenoxy) is 1. The first-order valence-electron chi connectivity index (χ1n) is 24.2. The third-order valence-electron chi connectivity index (χ3n) is 14.4. The molecule has 2 N–H and O–H groups in total. The van der Waals surface area contributed by atoms with Crippen molar-refractivity contribution >= 4 is 63.6 Å². The third kappa shape index (κ3) is 9.50. The topological polar surface area (TPSA) is 159 Å². The molecule has 3 aliphatic heterocycles. The van der Waals surface area contributed by atoms with Gasteiger partial charge >= 0.3 is 5.69 Å². The Hall–Kier alpha value is -6.52. The van der Waals surface area contributed by atoms with Gasteiger partial charge in [0.2, 0.25) is 17.7 Å². The number of methoxy groups -OCH3 is 1. The molecule has 3 saturated heterocycles. The number of nitrogens with zero attached hydrogens (tertiary/aromatic N) is 5. The summed E-state index contributed by atoms with van der Waals surface area (Å²) < 4.78 is 42.1. The lowest BCUT2D eigenvalue weighted by Gasteiger charge is -2.42. The van der Waals surface area contributed by atoms with Crippen LogP contribution >= 0.6 is 23.2 Å². The van der Waals surface area contributed by atoms with Gasteiger partial charge in [0.1, 0.15) is 34.9 Å². The summed E-state index contributed by atoms with van der Waals surface area (Å²) in [5.74, 6) is 2.30. The maximum atomic E-state index is 16.7. The number of imide groups is 1. The molecule has 3 aliphatic rings. The normalized spacial score (nSPS) is 22.1. The Morgan fingerprint density at radius 1 is 0.958 bits per heavy atom. The number of hydrogen-bond acceptors (Lipinski definition) is 8. The molecule has 5 aromatic rings. The first-order chi connectivity index (χ1) is 34.4. The van der Waals surface area contributed by atoms with Crippen LogP contribution in [-0.4, -0.2) is 70.1 Å². The Bertz CT molecular complexity index is 3150. The summed E-state index contributed by atoms with van der Waals surface area (Å²) in [5.41, 5.74) is 0.0241. The molecule has 1 aromatic heterocycles. The third-order valence-corrected chi connectivity index (χ3v) is 14.9. The largest absolute Gasteiger partial charge is 0.495 e. The number of aromatic nitrogens is 2. The highest BCUT2D eigenvalue weighted by Gasteiger charge is 2.70. The predicted octanol–water partition coefficient (Wildman–Crippen LogP) is 9.46. The van der Waals surface area contributed by atoms with Gasteiger partial charge < -0.3 is 10.1 Å². The van der Waals surface area contributed by atoms with Gasteiger partial charge in [0.15, 0.2) is 0 Å². The second-order valence-corrected chi connectivity index (χ2v) is 20.9. The predicted molar refractivity (Wildman–Crippen MR) is 272 cm³/mol. The van der Waals surface area contributed by atoms with E-state index in [2.05, 4.69) is 28.5 Å². The molecule has 4 aromatic carbocycles. The van der Waals surface area contributed by atoms with Crippen LogP contribution in [0.2, 0.25) is 10.0 Å². The van der Waals surface area contributed by atoms with Gasteiger partial charge in [-0.25, -0.2) is 13.6 Å². The van der Waals surface area contributed by atoms with Gasteiger partial charge in [0.05, 0.1) is 41.1 Å². The van der Waals surface area contributed by atoms with Crippen molar-refractivity contribution in [1.29, 1.82) is 5.26 Å². The number of carbonyl (C=O) groups excluding carboxylic acids is 4. The fourth-order valence-electron chi connectivity index (χ4n) is 11.2. The highest BCUT2D eigenvalue weighted by atomic mass is 35.5. The number of amides is 4. The van der Waals surface area contributed by atoms with Crippen LogP contribution in [0.5, 0.6) is 5.75 Å². The van der Waals surface area contributed by atoms with Gasteiger partial charge in [-0.05, 0) is 91.3 Å². The fraction of sp³-hybridized carbons (Fsp3) is 0.418. The van der Waals surface area contributed by atoms with Crippen molar-refractivity contribution in [2.24, 2.45) is 12.5 Å². The minimum Gasteiger partial charge on any atom is -0.495 e. The highest BCUT2D eigenvalue weighted by Crippen LogP contribution is 2.60. The molecule has 2 unspecified atom stereocenters. The standard InChI is InChI=1S/C55H57Cl2F2N7O6/c1-54(2,3)30-44-55(31-60,36-22-21-34(56)29-38(36)58)47(35-16-14-17-37(57)48(35)59)49-52(70)65(40-24-20-33(50(68)61-4)28-43(40)72-6)46(66(44)49)18-13-11-9-7-8-10-12-15-32-19-23-39-42(27-32)63(5)53(71)64(39)41-25-26-45(67)62-51(41)69/h14,16-17,19-24,27-29,41,44,46-47,49H,7-11,13,18,25-26,30H2,1-6H3,(H,61,68)(H,62,67,69)/t41?,44-,46?,47-,49+,55-/m0/s1. The summed E-state index contributed by atoms with van der Waals surface area (Å²) in [6.45, 7) is 6.03. The Morgan fingerprint density at radius 2 is 1.71 bits per heavy atom. The molecule has 0 bridgehead atoms. The number of halogens is 4. The lowest BCUT2D eigenvalue weighted by molar-refractivity contribution is -0.135. The second kappa shape index (κ2) is 20.9. The number of imidazole rings is 1. The summed E-state index contributed by atoms with van der Waals surface area (Å²) in [7, 11) is 4.61. The summed E-state index contributed by atoms with van der Waals surface area (Å²) in [6, 6.07) is 18.6. The quantitative estimate of drug-likeness (QED) is 0.0633. The smallest absolute Gasteiger partial charge is 0.329 e. The summed E-state index contributed by atoms with van der Waals surface area (Å²) >= 11 is 12.8. The minimum absolute atomic E-state index is 0.00571.